The summed E-state index contributed by atoms with van der Waals surface area (Å²) in [4.78, 5) is 40.5. The van der Waals surface area contributed by atoms with Gasteiger partial charge in [-0.05, 0) is 43.4 Å². The number of hydrogen-bond acceptors (Lipinski definition) is 7. The maximum Gasteiger partial charge on any atom is 0.261 e. The van der Waals surface area contributed by atoms with Crippen molar-refractivity contribution in [2.75, 3.05) is 16.4 Å². The van der Waals surface area contributed by atoms with Crippen molar-refractivity contribution >= 4 is 61.6 Å². The second-order valence-electron chi connectivity index (χ2n) is 8.47. The molecule has 182 valence electrons. The Kier molecular flexibility index (Phi) is 6.58. The maximum absolute atomic E-state index is 13.6. The van der Waals surface area contributed by atoms with E-state index in [-0.39, 0.29) is 21.9 Å². The van der Waals surface area contributed by atoms with Crippen molar-refractivity contribution in [2.45, 2.75) is 25.7 Å². The third kappa shape index (κ3) is 4.50. The summed E-state index contributed by atoms with van der Waals surface area (Å²) < 4.78 is 0. The second kappa shape index (κ2) is 9.96. The topological polar surface area (TPSA) is 127 Å². The van der Waals surface area contributed by atoms with Crippen LogP contribution >= 0.6 is 22.7 Å². The van der Waals surface area contributed by atoms with Crippen LogP contribution in [-0.4, -0.2) is 17.6 Å². The molecule has 0 spiro atoms. The number of hydrogen-bond donors (Lipinski definition) is 4. The molecular formula is C27H24N4O3S2. The SMILES string of the molecule is NC(=O)c1c(NC(=O)c2c(Nc3ccccc3)sc(C(=O)c3ccccc3)c2N)sc2c1CCCC2. The first kappa shape index (κ1) is 23.8. The van der Waals surface area contributed by atoms with E-state index in [0.717, 1.165) is 53.1 Å². The van der Waals surface area contributed by atoms with Gasteiger partial charge in [0.2, 0.25) is 5.78 Å². The number of anilines is 4. The van der Waals surface area contributed by atoms with E-state index in [1.807, 2.05) is 36.4 Å². The summed E-state index contributed by atoms with van der Waals surface area (Å²) >= 11 is 2.51. The molecule has 0 aliphatic heterocycles. The van der Waals surface area contributed by atoms with Crippen LogP contribution in [0.2, 0.25) is 0 Å². The molecule has 0 saturated carbocycles. The molecule has 0 saturated heterocycles. The number of nitrogens with one attached hydrogen (secondary N) is 2. The lowest BCUT2D eigenvalue weighted by Gasteiger charge is -2.11. The standard InChI is InChI=1S/C27H24N4O3S2/c28-21-20(25(34)31-26-19(24(29)33)17-13-7-8-14-18(17)35-26)27(30-16-11-5-2-6-12-16)36-23(21)22(32)15-9-3-1-4-10-15/h1-6,9-12,30H,7-8,13-14,28H2,(H2,29,33)(H,31,34). The molecule has 6 N–H and O–H groups in total. The van der Waals surface area contributed by atoms with Gasteiger partial charge in [-0.3, -0.25) is 14.4 Å². The number of para-hydroxylation sites is 1. The van der Waals surface area contributed by atoms with Crippen molar-refractivity contribution in [3.63, 3.8) is 0 Å². The molecule has 5 rings (SSSR count). The third-order valence-corrected chi connectivity index (χ3v) is 8.42. The monoisotopic (exact) mass is 516 g/mol. The highest BCUT2D eigenvalue weighted by atomic mass is 32.1. The predicted molar refractivity (Wildman–Crippen MR) is 146 cm³/mol. The van der Waals surface area contributed by atoms with Gasteiger partial charge in [-0.1, -0.05) is 48.5 Å². The van der Waals surface area contributed by atoms with Crippen LogP contribution in [0, 0.1) is 0 Å². The van der Waals surface area contributed by atoms with E-state index in [1.54, 1.807) is 24.3 Å². The summed E-state index contributed by atoms with van der Waals surface area (Å²) in [5.74, 6) is -1.33. The Balaban J connectivity index is 1.56. The summed E-state index contributed by atoms with van der Waals surface area (Å²) in [6, 6.07) is 18.1. The smallest absolute Gasteiger partial charge is 0.261 e. The van der Waals surface area contributed by atoms with Crippen molar-refractivity contribution < 1.29 is 14.4 Å². The summed E-state index contributed by atoms with van der Waals surface area (Å²) in [5, 5.41) is 6.97. The van der Waals surface area contributed by atoms with Gasteiger partial charge in [-0.2, -0.15) is 0 Å². The maximum atomic E-state index is 13.6. The second-order valence-corrected chi connectivity index (χ2v) is 10.6. The minimum Gasteiger partial charge on any atom is -0.397 e. The molecule has 0 bridgehead atoms. The van der Waals surface area contributed by atoms with Crippen LogP contribution in [0.1, 0.15) is 59.2 Å². The Labute approximate surface area is 216 Å². The average Bonchev–Trinajstić information content (AvgIpc) is 3.41. The Morgan fingerprint density at radius 1 is 0.806 bits per heavy atom. The molecule has 7 nitrogen and oxygen atoms in total. The van der Waals surface area contributed by atoms with Crippen LogP contribution in [0.4, 0.5) is 21.4 Å². The Bertz CT molecular complexity index is 1460. The number of thiophene rings is 2. The Hall–Kier alpha value is -3.95. The van der Waals surface area contributed by atoms with E-state index in [9.17, 15) is 14.4 Å². The molecule has 0 radical (unpaired) electrons. The largest absolute Gasteiger partial charge is 0.397 e. The fourth-order valence-electron chi connectivity index (χ4n) is 4.38. The first-order valence-corrected chi connectivity index (χ1v) is 13.2. The van der Waals surface area contributed by atoms with E-state index >= 15 is 0 Å². The van der Waals surface area contributed by atoms with Gasteiger partial charge >= 0.3 is 0 Å². The van der Waals surface area contributed by atoms with Crippen LogP contribution in [0.3, 0.4) is 0 Å². The molecule has 4 aromatic rings. The zero-order valence-corrected chi connectivity index (χ0v) is 20.9. The van der Waals surface area contributed by atoms with Gasteiger partial charge in [-0.25, -0.2) is 0 Å². The van der Waals surface area contributed by atoms with Crippen molar-refractivity contribution in [1.82, 2.24) is 0 Å². The third-order valence-electron chi connectivity index (χ3n) is 6.09. The lowest BCUT2D eigenvalue weighted by atomic mass is 9.95. The number of carbonyl (C=O) groups excluding carboxylic acids is 3. The molecule has 0 atom stereocenters. The van der Waals surface area contributed by atoms with Crippen molar-refractivity contribution in [1.29, 1.82) is 0 Å². The first-order chi connectivity index (χ1) is 17.4. The Morgan fingerprint density at radius 3 is 2.17 bits per heavy atom. The average molecular weight is 517 g/mol. The number of ketones is 1. The quantitative estimate of drug-likeness (QED) is 0.238. The number of benzene rings is 2. The highest BCUT2D eigenvalue weighted by Crippen LogP contribution is 2.41. The highest BCUT2D eigenvalue weighted by Gasteiger charge is 2.29. The van der Waals surface area contributed by atoms with Gasteiger partial charge in [0.25, 0.3) is 11.8 Å². The van der Waals surface area contributed by atoms with Gasteiger partial charge in [0.1, 0.15) is 14.9 Å². The number of nitrogen functional groups attached to an aromatic ring is 1. The Morgan fingerprint density at radius 2 is 1.47 bits per heavy atom. The molecule has 2 aromatic heterocycles. The predicted octanol–water partition coefficient (Wildman–Crippen LogP) is 5.60. The van der Waals surface area contributed by atoms with Crippen LogP contribution in [0.5, 0.6) is 0 Å². The van der Waals surface area contributed by atoms with Gasteiger partial charge < -0.3 is 22.1 Å². The number of primary amides is 1. The zero-order valence-electron chi connectivity index (χ0n) is 19.3. The van der Waals surface area contributed by atoms with Crippen LogP contribution in [0.15, 0.2) is 60.7 Å². The zero-order chi connectivity index (χ0) is 25.2. The first-order valence-electron chi connectivity index (χ1n) is 11.5. The van der Waals surface area contributed by atoms with E-state index in [4.69, 9.17) is 11.5 Å². The summed E-state index contributed by atoms with van der Waals surface area (Å²) in [7, 11) is 0. The molecule has 2 amide bonds. The van der Waals surface area contributed by atoms with E-state index in [2.05, 4.69) is 10.6 Å². The van der Waals surface area contributed by atoms with Gasteiger partial charge in [-0.15, -0.1) is 22.7 Å². The van der Waals surface area contributed by atoms with E-state index < -0.39 is 11.8 Å². The number of amides is 2. The number of fused-ring (bicyclic) bond motifs is 1. The minimum atomic E-state index is -0.564. The molecule has 9 heteroatoms. The number of aryl methyl sites for hydroxylation is 1. The molecule has 2 aromatic carbocycles. The van der Waals surface area contributed by atoms with Crippen LogP contribution in [-0.2, 0) is 12.8 Å². The lowest BCUT2D eigenvalue weighted by molar-refractivity contribution is 0.0998. The molecule has 0 fully saturated rings. The van der Waals surface area contributed by atoms with Crippen molar-refractivity contribution in [3.05, 3.63) is 92.7 Å². The molecular weight excluding hydrogens is 492 g/mol. The van der Waals surface area contributed by atoms with Crippen molar-refractivity contribution in [2.24, 2.45) is 5.73 Å². The fraction of sp³-hybridized carbons (Fsp3) is 0.148. The van der Waals surface area contributed by atoms with Gasteiger partial charge in [0, 0.05) is 16.1 Å². The molecule has 1 aliphatic rings. The number of nitrogens with two attached hydrogens (primary N) is 2. The summed E-state index contributed by atoms with van der Waals surface area (Å²) in [5.41, 5.74) is 14.9. The molecule has 36 heavy (non-hydrogen) atoms. The number of rotatable bonds is 7. The minimum absolute atomic E-state index is 0.0896. The normalized spacial score (nSPS) is 12.6. The van der Waals surface area contributed by atoms with Crippen LogP contribution in [0.25, 0.3) is 0 Å². The lowest BCUT2D eigenvalue weighted by Crippen LogP contribution is -2.19. The molecule has 1 aliphatic carbocycles. The fourth-order valence-corrected chi connectivity index (χ4v) is 6.77. The van der Waals surface area contributed by atoms with Crippen molar-refractivity contribution in [3.8, 4) is 0 Å². The van der Waals surface area contributed by atoms with Gasteiger partial charge in [0.15, 0.2) is 0 Å². The summed E-state index contributed by atoms with van der Waals surface area (Å²) in [6.45, 7) is 0. The summed E-state index contributed by atoms with van der Waals surface area (Å²) in [6.07, 6.45) is 3.63. The highest BCUT2D eigenvalue weighted by molar-refractivity contribution is 7.19. The van der Waals surface area contributed by atoms with E-state index in [0.29, 0.717) is 21.1 Å². The molecule has 2 heterocycles. The number of carbonyl (C=O) groups is 3. The van der Waals surface area contributed by atoms with Crippen LogP contribution < -0.4 is 22.1 Å². The van der Waals surface area contributed by atoms with Gasteiger partial charge in [0.05, 0.1) is 16.8 Å². The van der Waals surface area contributed by atoms with E-state index in [1.165, 1.54) is 11.3 Å². The molecule has 0 unspecified atom stereocenters.